The second-order valence-corrected chi connectivity index (χ2v) is 2.10. The summed E-state index contributed by atoms with van der Waals surface area (Å²) in [5.41, 5.74) is 1.96. The van der Waals surface area contributed by atoms with Crippen molar-refractivity contribution < 1.29 is 0 Å². The normalized spacial score (nSPS) is 10.3. The maximum Gasteiger partial charge on any atom is 0.273 e. The van der Waals surface area contributed by atoms with Gasteiger partial charge < -0.3 is 5.32 Å². The van der Waals surface area contributed by atoms with Gasteiger partial charge in [0.25, 0.3) is 7.98 Å². The Morgan fingerprint density at radius 3 is 2.36 bits per heavy atom. The number of nitrogens with one attached hydrogen (secondary N) is 1. The van der Waals surface area contributed by atoms with Gasteiger partial charge in [-0.15, -0.1) is 0 Å². The van der Waals surface area contributed by atoms with Crippen molar-refractivity contribution in [3.05, 3.63) is 24.3 Å². The number of benzene rings is 1. The van der Waals surface area contributed by atoms with Gasteiger partial charge in [-0.25, -0.2) is 0 Å². The zero-order chi connectivity index (χ0) is 8.10. The molecule has 0 unspecified atom stereocenters. The van der Waals surface area contributed by atoms with Crippen LogP contribution < -0.4 is 5.32 Å². The minimum Gasteiger partial charge on any atom is -0.388 e. The van der Waals surface area contributed by atoms with Gasteiger partial charge in [-0.2, -0.15) is 5.11 Å². The van der Waals surface area contributed by atoms with Crippen molar-refractivity contribution in [3.8, 4) is 0 Å². The summed E-state index contributed by atoms with van der Waals surface area (Å²) in [6.45, 7) is 0. The Kier molecular flexibility index (Phi) is 2.66. The second kappa shape index (κ2) is 3.76. The molecule has 0 atom stereocenters. The minimum atomic E-state index is 0.881. The maximum absolute atomic E-state index is 3.88. The Morgan fingerprint density at radius 2 is 1.91 bits per heavy atom. The Labute approximate surface area is 67.0 Å². The van der Waals surface area contributed by atoms with Crippen LogP contribution >= 0.6 is 0 Å². The lowest BCUT2D eigenvalue weighted by atomic mass is 10.3. The Balaban J connectivity index is 2.82. The van der Waals surface area contributed by atoms with Crippen LogP contribution in [0, 0.1) is 0 Å². The van der Waals surface area contributed by atoms with Crippen molar-refractivity contribution in [2.75, 3.05) is 12.4 Å². The molecule has 0 aliphatic rings. The topological polar surface area (TPSA) is 36.8 Å². The zero-order valence-corrected chi connectivity index (χ0v) is 6.70. The van der Waals surface area contributed by atoms with Gasteiger partial charge in [0.1, 0.15) is 0 Å². The highest BCUT2D eigenvalue weighted by Gasteiger charge is 1.88. The molecule has 0 aliphatic heterocycles. The number of anilines is 1. The lowest BCUT2D eigenvalue weighted by Crippen LogP contribution is -1.84. The van der Waals surface area contributed by atoms with Gasteiger partial charge in [-0.3, -0.25) is 5.03 Å². The summed E-state index contributed by atoms with van der Waals surface area (Å²) >= 11 is 0. The molecular weight excluding hydrogens is 137 g/mol. The first kappa shape index (κ1) is 7.79. The Hall–Kier alpha value is -1.32. The fraction of sp³-hybridized carbons (Fsp3) is 0.143. The van der Waals surface area contributed by atoms with Crippen LogP contribution in [0.4, 0.5) is 11.4 Å². The molecule has 0 spiro atoms. The van der Waals surface area contributed by atoms with E-state index >= 15 is 0 Å². The van der Waals surface area contributed by atoms with Gasteiger partial charge in [0.05, 0.1) is 5.69 Å². The van der Waals surface area contributed by atoms with Gasteiger partial charge in [0, 0.05) is 12.7 Å². The van der Waals surface area contributed by atoms with E-state index in [-0.39, 0.29) is 0 Å². The highest BCUT2D eigenvalue weighted by molar-refractivity contribution is 6.04. The monoisotopic (exact) mass is 147 g/mol. The summed E-state index contributed by atoms with van der Waals surface area (Å²) in [4.78, 5) is 0. The van der Waals surface area contributed by atoms with Crippen LogP contribution in [0.2, 0.25) is 0 Å². The molecule has 1 aromatic carbocycles. The molecule has 1 rings (SSSR count). The van der Waals surface area contributed by atoms with Crippen LogP contribution in [0.15, 0.2) is 34.4 Å². The maximum atomic E-state index is 3.88. The number of hydrogen-bond donors (Lipinski definition) is 1. The molecule has 0 bridgehead atoms. The standard InChI is InChI=1S/C7H10BN3/c1-9-6-2-4-7(5-3-6)10-11-8/h2-5,9H,8H2,1H3. The van der Waals surface area contributed by atoms with E-state index in [2.05, 4.69) is 15.5 Å². The van der Waals surface area contributed by atoms with Gasteiger partial charge in [-0.05, 0) is 24.3 Å². The van der Waals surface area contributed by atoms with E-state index in [1.807, 2.05) is 31.3 Å². The van der Waals surface area contributed by atoms with Crippen molar-refractivity contribution in [1.82, 2.24) is 0 Å². The van der Waals surface area contributed by atoms with Crippen LogP contribution in [-0.4, -0.2) is 15.0 Å². The predicted octanol–water partition coefficient (Wildman–Crippen LogP) is 1.36. The van der Waals surface area contributed by atoms with Gasteiger partial charge >= 0.3 is 0 Å². The minimum absolute atomic E-state index is 0.881. The molecule has 0 saturated heterocycles. The van der Waals surface area contributed by atoms with Crippen LogP contribution in [0.5, 0.6) is 0 Å². The Morgan fingerprint density at radius 1 is 1.27 bits per heavy atom. The summed E-state index contributed by atoms with van der Waals surface area (Å²) in [5.74, 6) is 0. The van der Waals surface area contributed by atoms with Crippen molar-refractivity contribution in [3.63, 3.8) is 0 Å². The number of hydrogen-bond acceptors (Lipinski definition) is 3. The van der Waals surface area contributed by atoms with Crippen LogP contribution in [0.25, 0.3) is 0 Å². The van der Waals surface area contributed by atoms with Crippen LogP contribution in [0.3, 0.4) is 0 Å². The first-order chi connectivity index (χ1) is 5.36. The molecule has 11 heavy (non-hydrogen) atoms. The van der Waals surface area contributed by atoms with E-state index in [1.165, 1.54) is 0 Å². The molecule has 0 aromatic heterocycles. The third-order valence-electron chi connectivity index (χ3n) is 1.37. The van der Waals surface area contributed by atoms with Crippen molar-refractivity contribution >= 4 is 19.4 Å². The number of rotatable bonds is 2. The molecule has 0 saturated carbocycles. The first-order valence-corrected chi connectivity index (χ1v) is 3.44. The molecule has 0 amide bonds. The van der Waals surface area contributed by atoms with Crippen LogP contribution in [0.1, 0.15) is 0 Å². The molecule has 0 heterocycles. The summed E-state index contributed by atoms with van der Waals surface area (Å²) in [6.07, 6.45) is 0. The highest BCUT2D eigenvalue weighted by atomic mass is 15.0. The van der Waals surface area contributed by atoms with E-state index < -0.39 is 0 Å². The fourth-order valence-corrected chi connectivity index (χ4v) is 0.810. The zero-order valence-electron chi connectivity index (χ0n) is 6.70. The molecule has 1 N–H and O–H groups in total. The molecule has 0 radical (unpaired) electrons. The largest absolute Gasteiger partial charge is 0.388 e. The summed E-state index contributed by atoms with van der Waals surface area (Å²) in [7, 11) is 3.54. The third-order valence-corrected chi connectivity index (χ3v) is 1.37. The predicted molar refractivity (Wildman–Crippen MR) is 49.0 cm³/mol. The Bertz CT molecular complexity index is 242. The van der Waals surface area contributed by atoms with E-state index in [1.54, 1.807) is 7.98 Å². The third kappa shape index (κ3) is 2.07. The molecule has 1 aromatic rings. The quantitative estimate of drug-likeness (QED) is 0.497. The lowest BCUT2D eigenvalue weighted by Gasteiger charge is -1.97. The number of nitrogens with zero attached hydrogens (tertiary/aromatic N) is 2. The van der Waals surface area contributed by atoms with E-state index in [0.717, 1.165) is 11.4 Å². The SMILES string of the molecule is BN=Nc1ccc(NC)cc1. The van der Waals surface area contributed by atoms with E-state index in [4.69, 9.17) is 0 Å². The average molecular weight is 147 g/mol. The van der Waals surface area contributed by atoms with E-state index in [9.17, 15) is 0 Å². The average Bonchev–Trinajstić information content (AvgIpc) is 2.07. The van der Waals surface area contributed by atoms with Crippen molar-refractivity contribution in [2.45, 2.75) is 0 Å². The summed E-state index contributed by atoms with van der Waals surface area (Å²) in [6, 6.07) is 7.76. The smallest absolute Gasteiger partial charge is 0.273 e. The summed E-state index contributed by atoms with van der Waals surface area (Å²) < 4.78 is 0. The molecule has 56 valence electrons. The molecule has 0 aliphatic carbocycles. The molecular formula is C7H10BN3. The molecule has 0 fully saturated rings. The van der Waals surface area contributed by atoms with Crippen molar-refractivity contribution in [2.24, 2.45) is 10.1 Å². The van der Waals surface area contributed by atoms with Crippen molar-refractivity contribution in [1.29, 1.82) is 0 Å². The van der Waals surface area contributed by atoms with Gasteiger partial charge in [-0.1, -0.05) is 0 Å². The second-order valence-electron chi connectivity index (χ2n) is 2.10. The summed E-state index contributed by atoms with van der Waals surface area (Å²) in [5, 5.41) is 10.6. The van der Waals surface area contributed by atoms with E-state index in [0.29, 0.717) is 0 Å². The molecule has 4 heteroatoms. The van der Waals surface area contributed by atoms with Gasteiger partial charge in [0.15, 0.2) is 0 Å². The first-order valence-electron chi connectivity index (χ1n) is 3.44. The highest BCUT2D eigenvalue weighted by Crippen LogP contribution is 2.15. The fourth-order valence-electron chi connectivity index (χ4n) is 0.810. The van der Waals surface area contributed by atoms with Gasteiger partial charge in [0.2, 0.25) is 0 Å². The lowest BCUT2D eigenvalue weighted by molar-refractivity contribution is 1.32. The molecule has 3 nitrogen and oxygen atoms in total. The van der Waals surface area contributed by atoms with Crippen LogP contribution in [-0.2, 0) is 0 Å².